The van der Waals surface area contributed by atoms with Gasteiger partial charge in [0.15, 0.2) is 0 Å². The van der Waals surface area contributed by atoms with E-state index in [4.69, 9.17) is 4.74 Å². The molecule has 5 nitrogen and oxygen atoms in total. The third-order valence-corrected chi connectivity index (χ3v) is 8.69. The third kappa shape index (κ3) is 8.10. The number of alkyl halides is 4. The van der Waals surface area contributed by atoms with E-state index in [2.05, 4.69) is 9.88 Å². The Morgan fingerprint density at radius 1 is 1.18 bits per heavy atom. The van der Waals surface area contributed by atoms with Crippen LogP contribution in [0.25, 0.3) is 10.9 Å². The Bertz CT molecular complexity index is 1270. The van der Waals surface area contributed by atoms with Crippen molar-refractivity contribution in [2.24, 2.45) is 11.8 Å². The molecule has 216 valence electrons. The first-order valence-electron chi connectivity index (χ1n) is 13.4. The van der Waals surface area contributed by atoms with Gasteiger partial charge in [-0.25, -0.2) is 4.39 Å². The molecule has 0 aliphatic carbocycles. The second-order valence-electron chi connectivity index (χ2n) is 10.3. The number of benzene rings is 2. The van der Waals surface area contributed by atoms with Crippen LogP contribution in [0.3, 0.4) is 0 Å². The Hall–Kier alpha value is -2.85. The number of piperidine rings is 1. The number of carboxylic acid groups (broad SMARTS) is 1. The summed E-state index contributed by atoms with van der Waals surface area (Å²) in [6.45, 7) is 2.25. The number of halogens is 4. The molecule has 0 bridgehead atoms. The van der Waals surface area contributed by atoms with Crippen molar-refractivity contribution in [2.45, 2.75) is 49.3 Å². The van der Waals surface area contributed by atoms with Crippen LogP contribution in [0.1, 0.15) is 49.4 Å². The Balaban J connectivity index is 1.28. The molecule has 1 aromatic heterocycles. The summed E-state index contributed by atoms with van der Waals surface area (Å²) in [6.07, 6.45) is -1.32. The zero-order valence-electron chi connectivity index (χ0n) is 22.4. The minimum absolute atomic E-state index is 0.0494. The number of nitrogens with zero attached hydrogens (tertiary/aromatic N) is 2. The van der Waals surface area contributed by atoms with Crippen molar-refractivity contribution < 1.29 is 32.2 Å². The van der Waals surface area contributed by atoms with E-state index in [9.17, 15) is 23.1 Å². The molecule has 3 aromatic rings. The number of carbonyl (C=O) groups is 1. The summed E-state index contributed by atoms with van der Waals surface area (Å²) in [4.78, 5) is 19.0. The zero-order valence-corrected chi connectivity index (χ0v) is 23.2. The molecular formula is C30H34F4N2O3S. The van der Waals surface area contributed by atoms with Gasteiger partial charge in [0, 0.05) is 29.4 Å². The van der Waals surface area contributed by atoms with Gasteiger partial charge in [0.2, 0.25) is 0 Å². The van der Waals surface area contributed by atoms with Crippen molar-refractivity contribution in [1.29, 1.82) is 0 Å². The minimum Gasteiger partial charge on any atom is -0.497 e. The largest absolute Gasteiger partial charge is 0.497 e. The van der Waals surface area contributed by atoms with Gasteiger partial charge in [-0.15, -0.1) is 11.8 Å². The van der Waals surface area contributed by atoms with E-state index in [1.807, 2.05) is 6.07 Å². The fourth-order valence-corrected chi connectivity index (χ4v) is 6.31. The number of thioether (sulfide) groups is 1. The van der Waals surface area contributed by atoms with Crippen molar-refractivity contribution in [3.63, 3.8) is 0 Å². The van der Waals surface area contributed by atoms with E-state index >= 15 is 4.39 Å². The minimum atomic E-state index is -4.34. The lowest BCUT2D eigenvalue weighted by Gasteiger charge is -2.38. The van der Waals surface area contributed by atoms with Crippen LogP contribution in [0, 0.1) is 11.8 Å². The Labute approximate surface area is 235 Å². The van der Waals surface area contributed by atoms with Gasteiger partial charge < -0.3 is 14.7 Å². The smallest absolute Gasteiger partial charge is 0.416 e. The standard InChI is InChI=1S/C30H34F4N2O3S/c1-39-23-6-10-28-26(18-23)25(11-13-35-28)27(31)9-3-20-12-15-36(19-21(20)17-29(37)38)14-2-16-40-24-7-4-22(5-8-24)30(32,33)34/h4-8,10-11,13,18,20-21,27H,2-3,9,12,14-17,19H2,1H3,(H,37,38)/t20-,21+,27+/m1/s1. The molecule has 0 saturated carbocycles. The monoisotopic (exact) mass is 578 g/mol. The number of rotatable bonds is 12. The van der Waals surface area contributed by atoms with Gasteiger partial charge in [-0.2, -0.15) is 13.2 Å². The van der Waals surface area contributed by atoms with Crippen LogP contribution in [0.15, 0.2) is 59.6 Å². The third-order valence-electron chi connectivity index (χ3n) is 7.59. The predicted molar refractivity (Wildman–Crippen MR) is 148 cm³/mol. The van der Waals surface area contributed by atoms with Gasteiger partial charge in [-0.3, -0.25) is 9.78 Å². The van der Waals surface area contributed by atoms with E-state index in [0.717, 1.165) is 54.1 Å². The Morgan fingerprint density at radius 2 is 1.95 bits per heavy atom. The average molecular weight is 579 g/mol. The lowest BCUT2D eigenvalue weighted by Crippen LogP contribution is -2.42. The molecule has 40 heavy (non-hydrogen) atoms. The number of hydrogen-bond acceptors (Lipinski definition) is 5. The second kappa shape index (κ2) is 13.7. The fraction of sp³-hybridized carbons (Fsp3) is 0.467. The number of methoxy groups -OCH3 is 1. The maximum absolute atomic E-state index is 15.5. The second-order valence-corrected chi connectivity index (χ2v) is 11.4. The maximum Gasteiger partial charge on any atom is 0.416 e. The highest BCUT2D eigenvalue weighted by Gasteiger charge is 2.32. The van der Waals surface area contributed by atoms with Gasteiger partial charge in [0.1, 0.15) is 11.9 Å². The van der Waals surface area contributed by atoms with Crippen LogP contribution in [-0.4, -0.2) is 53.5 Å². The highest BCUT2D eigenvalue weighted by Crippen LogP contribution is 2.36. The van der Waals surface area contributed by atoms with E-state index in [-0.39, 0.29) is 18.3 Å². The summed E-state index contributed by atoms with van der Waals surface area (Å²) >= 11 is 1.51. The normalized spacial score (nSPS) is 19.0. The molecular weight excluding hydrogens is 544 g/mol. The number of hydrogen-bond donors (Lipinski definition) is 1. The van der Waals surface area contributed by atoms with Crippen molar-refractivity contribution in [1.82, 2.24) is 9.88 Å². The van der Waals surface area contributed by atoms with Gasteiger partial charge >= 0.3 is 12.1 Å². The van der Waals surface area contributed by atoms with Crippen LogP contribution >= 0.6 is 11.8 Å². The summed E-state index contributed by atoms with van der Waals surface area (Å²) in [5, 5.41) is 10.2. The van der Waals surface area contributed by atoms with Crippen LogP contribution in [0.4, 0.5) is 17.6 Å². The lowest BCUT2D eigenvalue weighted by atomic mass is 9.79. The summed E-state index contributed by atoms with van der Waals surface area (Å²) in [6, 6.07) is 12.3. The van der Waals surface area contributed by atoms with Gasteiger partial charge in [-0.1, -0.05) is 0 Å². The maximum atomic E-state index is 15.5. The van der Waals surface area contributed by atoms with Gasteiger partial charge in [0.05, 0.1) is 18.2 Å². The molecule has 1 fully saturated rings. The van der Waals surface area contributed by atoms with Crippen LogP contribution in [-0.2, 0) is 11.0 Å². The summed E-state index contributed by atoms with van der Waals surface area (Å²) in [5.41, 5.74) is 0.619. The lowest BCUT2D eigenvalue weighted by molar-refractivity contribution is -0.139. The van der Waals surface area contributed by atoms with Crippen LogP contribution in [0.2, 0.25) is 0 Å². The first-order valence-corrected chi connectivity index (χ1v) is 14.4. The van der Waals surface area contributed by atoms with Crippen molar-refractivity contribution in [3.8, 4) is 5.75 Å². The number of aromatic nitrogens is 1. The summed E-state index contributed by atoms with van der Waals surface area (Å²) < 4.78 is 59.0. The molecule has 1 aliphatic heterocycles. The number of likely N-dealkylation sites (tertiary alicyclic amines) is 1. The number of fused-ring (bicyclic) bond motifs is 1. The molecule has 0 unspecified atom stereocenters. The molecule has 1 N–H and O–H groups in total. The summed E-state index contributed by atoms with van der Waals surface area (Å²) in [5.74, 6) is 0.604. The fourth-order valence-electron chi connectivity index (χ4n) is 5.48. The molecule has 4 rings (SSSR count). The molecule has 0 radical (unpaired) electrons. The number of aliphatic carboxylic acids is 1. The molecule has 2 heterocycles. The molecule has 10 heteroatoms. The van der Waals surface area contributed by atoms with Crippen LogP contribution < -0.4 is 4.74 Å². The van der Waals surface area contributed by atoms with Gasteiger partial charge in [-0.05, 0) is 110 Å². The molecule has 1 saturated heterocycles. The molecule has 3 atom stereocenters. The first kappa shape index (κ1) is 30.1. The molecule has 0 amide bonds. The van der Waals surface area contributed by atoms with E-state index in [1.165, 1.54) is 23.9 Å². The Kier molecular flexibility index (Phi) is 10.3. The van der Waals surface area contributed by atoms with E-state index in [0.29, 0.717) is 36.2 Å². The molecule has 1 aliphatic rings. The number of pyridine rings is 1. The SMILES string of the molecule is COc1ccc2nccc([C@@H](F)CC[C@@H]3CCN(CCCSc4ccc(C(F)(F)F)cc4)C[C@@H]3CC(=O)O)c2c1. The van der Waals surface area contributed by atoms with E-state index in [1.54, 1.807) is 31.5 Å². The Morgan fingerprint density at radius 3 is 2.65 bits per heavy atom. The number of carboxylic acids is 1. The average Bonchev–Trinajstić information content (AvgIpc) is 2.93. The van der Waals surface area contributed by atoms with Crippen molar-refractivity contribution >= 4 is 28.6 Å². The molecule has 2 aromatic carbocycles. The number of ether oxygens (including phenoxy) is 1. The zero-order chi connectivity index (χ0) is 28.7. The van der Waals surface area contributed by atoms with Crippen LogP contribution in [0.5, 0.6) is 5.75 Å². The van der Waals surface area contributed by atoms with Crippen molar-refractivity contribution in [3.05, 3.63) is 65.9 Å². The predicted octanol–water partition coefficient (Wildman–Crippen LogP) is 7.65. The highest BCUT2D eigenvalue weighted by atomic mass is 32.2. The van der Waals surface area contributed by atoms with Crippen molar-refractivity contribution in [2.75, 3.05) is 32.5 Å². The topological polar surface area (TPSA) is 62.7 Å². The quantitative estimate of drug-likeness (QED) is 0.135. The highest BCUT2D eigenvalue weighted by molar-refractivity contribution is 7.99. The molecule has 0 spiro atoms. The first-order chi connectivity index (χ1) is 19.1. The van der Waals surface area contributed by atoms with E-state index < -0.39 is 23.9 Å². The van der Waals surface area contributed by atoms with Gasteiger partial charge in [0.25, 0.3) is 0 Å². The summed E-state index contributed by atoms with van der Waals surface area (Å²) in [7, 11) is 1.57.